The average molecular weight is 399 g/mol. The van der Waals surface area contributed by atoms with Crippen LogP contribution in [-0.4, -0.2) is 32.8 Å². The van der Waals surface area contributed by atoms with Crippen molar-refractivity contribution in [3.8, 4) is 22.6 Å². The van der Waals surface area contributed by atoms with Crippen molar-refractivity contribution in [1.29, 1.82) is 0 Å². The van der Waals surface area contributed by atoms with Gasteiger partial charge >= 0.3 is 51.4 Å². The fraction of sp³-hybridized carbons (Fsp3) is 0.250. The van der Waals surface area contributed by atoms with Crippen LogP contribution < -0.4 is 57.1 Å². The zero-order valence-electron chi connectivity index (χ0n) is 15.7. The van der Waals surface area contributed by atoms with Gasteiger partial charge in [-0.3, -0.25) is 4.68 Å². The van der Waals surface area contributed by atoms with Crippen LogP contribution in [0.5, 0.6) is 0 Å². The Morgan fingerprint density at radius 1 is 1.11 bits per heavy atom. The molecule has 0 atom stereocenters. The Kier molecular flexibility index (Phi) is 5.95. The molecule has 1 aliphatic heterocycles. The van der Waals surface area contributed by atoms with Gasteiger partial charge in [-0.05, 0) is 31.0 Å². The van der Waals surface area contributed by atoms with E-state index < -0.39 is 0 Å². The molecule has 0 bridgehead atoms. The standard InChI is InChI=1S/C20H19N6O.K/c21-19-16(20-25-17-3-1-2-4-18(17)27-20)9-13(10-23-19)14-11-24-26(12-14)15-5-7-22-8-6-15;/h1-4,9-12,15H,5-8H2,(H2,21,23);/q-1;+1. The number of hydrogen-bond acceptors (Lipinski definition) is 5. The number of pyridine rings is 1. The summed E-state index contributed by atoms with van der Waals surface area (Å²) in [5.41, 5.74) is 10.3. The molecule has 8 heteroatoms. The molecule has 4 heterocycles. The Labute approximate surface area is 205 Å². The van der Waals surface area contributed by atoms with Crippen molar-refractivity contribution in [2.45, 2.75) is 18.9 Å². The van der Waals surface area contributed by atoms with E-state index in [1.807, 2.05) is 41.2 Å². The van der Waals surface area contributed by atoms with Gasteiger partial charge in [-0.25, -0.2) is 9.97 Å². The number of piperidine rings is 1. The molecule has 0 saturated carbocycles. The summed E-state index contributed by atoms with van der Waals surface area (Å²) in [6, 6.07) is 10.0. The molecule has 0 aliphatic carbocycles. The van der Waals surface area contributed by atoms with Gasteiger partial charge in [0.2, 0.25) is 5.89 Å². The van der Waals surface area contributed by atoms with Gasteiger partial charge in [0.05, 0.1) is 11.8 Å². The van der Waals surface area contributed by atoms with Crippen LogP contribution in [0, 0.1) is 0 Å². The smallest absolute Gasteiger partial charge is 0.662 e. The molecule has 1 fully saturated rings. The fourth-order valence-corrected chi connectivity index (χ4v) is 3.48. The Balaban J connectivity index is 0.00000192. The number of nitrogens with two attached hydrogens (primary N) is 1. The SMILES string of the molecule is Nc1ncc(-c2cnn(C3CC[N-]CC3)c2)cc1-c1nc2ccccc2o1.[K+]. The van der Waals surface area contributed by atoms with Crippen LogP contribution >= 0.6 is 0 Å². The minimum atomic E-state index is 0. The Bertz CT molecular complexity index is 1070. The van der Waals surface area contributed by atoms with Crippen LogP contribution in [0.4, 0.5) is 5.82 Å². The van der Waals surface area contributed by atoms with Crippen LogP contribution in [-0.2, 0) is 0 Å². The van der Waals surface area contributed by atoms with Crippen LogP contribution in [0.3, 0.4) is 0 Å². The normalized spacial score (nSPS) is 14.9. The molecule has 0 spiro atoms. The van der Waals surface area contributed by atoms with Gasteiger partial charge in [-0.1, -0.05) is 12.1 Å². The number of rotatable bonds is 3. The molecule has 5 rings (SSSR count). The molecule has 1 saturated heterocycles. The Morgan fingerprint density at radius 2 is 1.93 bits per heavy atom. The Morgan fingerprint density at radius 3 is 2.75 bits per heavy atom. The average Bonchev–Trinajstić information content (AvgIpc) is 3.36. The predicted octanol–water partition coefficient (Wildman–Crippen LogP) is 1.05. The van der Waals surface area contributed by atoms with Crippen molar-refractivity contribution in [3.05, 3.63) is 54.2 Å². The second-order valence-corrected chi connectivity index (χ2v) is 6.75. The quantitative estimate of drug-likeness (QED) is 0.520. The van der Waals surface area contributed by atoms with E-state index >= 15 is 0 Å². The van der Waals surface area contributed by atoms with E-state index in [-0.39, 0.29) is 51.4 Å². The molecule has 0 unspecified atom stereocenters. The monoisotopic (exact) mass is 398 g/mol. The molecule has 136 valence electrons. The van der Waals surface area contributed by atoms with Crippen LogP contribution in [0.1, 0.15) is 18.9 Å². The van der Waals surface area contributed by atoms with E-state index in [9.17, 15) is 0 Å². The van der Waals surface area contributed by atoms with Crippen LogP contribution in [0.25, 0.3) is 39.0 Å². The maximum Gasteiger partial charge on any atom is 1.00 e. The first-order valence-corrected chi connectivity index (χ1v) is 9.07. The fourth-order valence-electron chi connectivity index (χ4n) is 3.48. The largest absolute Gasteiger partial charge is 1.00 e. The van der Waals surface area contributed by atoms with Crippen molar-refractivity contribution >= 4 is 16.9 Å². The first-order valence-electron chi connectivity index (χ1n) is 9.07. The first kappa shape index (κ1) is 19.7. The Hall–Kier alpha value is -1.55. The van der Waals surface area contributed by atoms with E-state index in [4.69, 9.17) is 10.2 Å². The zero-order chi connectivity index (χ0) is 18.2. The summed E-state index contributed by atoms with van der Waals surface area (Å²) in [4.78, 5) is 8.89. The third kappa shape index (κ3) is 3.80. The van der Waals surface area contributed by atoms with E-state index in [1.54, 1.807) is 6.20 Å². The van der Waals surface area contributed by atoms with E-state index in [0.29, 0.717) is 23.3 Å². The van der Waals surface area contributed by atoms with Gasteiger partial charge in [0.1, 0.15) is 11.3 Å². The number of anilines is 1. The van der Waals surface area contributed by atoms with Crippen LogP contribution in [0.2, 0.25) is 0 Å². The summed E-state index contributed by atoms with van der Waals surface area (Å²) in [6.45, 7) is 1.82. The number of benzene rings is 1. The second-order valence-electron chi connectivity index (χ2n) is 6.75. The third-order valence-corrected chi connectivity index (χ3v) is 4.99. The summed E-state index contributed by atoms with van der Waals surface area (Å²) in [5.74, 6) is 0.871. The van der Waals surface area contributed by atoms with Crippen molar-refractivity contribution in [2.24, 2.45) is 0 Å². The van der Waals surface area contributed by atoms with Crippen molar-refractivity contribution in [2.75, 3.05) is 18.8 Å². The van der Waals surface area contributed by atoms with Crippen molar-refractivity contribution in [1.82, 2.24) is 19.7 Å². The number of hydrogen-bond donors (Lipinski definition) is 1. The molecule has 28 heavy (non-hydrogen) atoms. The number of para-hydroxylation sites is 2. The molecule has 7 nitrogen and oxygen atoms in total. The summed E-state index contributed by atoms with van der Waals surface area (Å²) in [6.07, 6.45) is 7.78. The topological polar surface area (TPSA) is 96.9 Å². The molecule has 1 aromatic carbocycles. The van der Waals surface area contributed by atoms with Gasteiger partial charge < -0.3 is 15.5 Å². The van der Waals surface area contributed by atoms with E-state index in [2.05, 4.69) is 26.6 Å². The van der Waals surface area contributed by atoms with Crippen LogP contribution in [0.15, 0.2) is 53.3 Å². The summed E-state index contributed by atoms with van der Waals surface area (Å²) in [5, 5.41) is 8.96. The van der Waals surface area contributed by atoms with Gasteiger partial charge in [-0.15, -0.1) is 13.1 Å². The predicted molar refractivity (Wildman–Crippen MR) is 104 cm³/mol. The number of fused-ring (bicyclic) bond motifs is 1. The molecule has 3 aromatic heterocycles. The molecule has 1 aliphatic rings. The molecule has 0 radical (unpaired) electrons. The number of aromatic nitrogens is 4. The van der Waals surface area contributed by atoms with Gasteiger partial charge in [0, 0.05) is 29.6 Å². The zero-order valence-corrected chi connectivity index (χ0v) is 18.9. The summed E-state index contributed by atoms with van der Waals surface area (Å²) >= 11 is 0. The van der Waals surface area contributed by atoms with Gasteiger partial charge in [0.15, 0.2) is 5.58 Å². The second kappa shape index (κ2) is 8.44. The minimum Gasteiger partial charge on any atom is -0.662 e. The van der Waals surface area contributed by atoms with Gasteiger partial charge in [-0.2, -0.15) is 5.10 Å². The maximum atomic E-state index is 6.10. The third-order valence-electron chi connectivity index (χ3n) is 4.99. The van der Waals surface area contributed by atoms with Gasteiger partial charge in [0.25, 0.3) is 0 Å². The molecule has 0 amide bonds. The first-order chi connectivity index (χ1) is 13.3. The number of nitrogens with zero attached hydrogens (tertiary/aromatic N) is 5. The maximum absolute atomic E-state index is 6.10. The molecular formula is C20H19KN6O. The summed E-state index contributed by atoms with van der Waals surface area (Å²) < 4.78 is 7.90. The molecule has 4 aromatic rings. The minimum absolute atomic E-state index is 0. The van der Waals surface area contributed by atoms with Crippen molar-refractivity contribution < 1.29 is 55.8 Å². The molecular weight excluding hydrogens is 379 g/mol. The van der Waals surface area contributed by atoms with E-state index in [0.717, 1.165) is 48.2 Å². The summed E-state index contributed by atoms with van der Waals surface area (Å²) in [7, 11) is 0. The van der Waals surface area contributed by atoms with Crippen molar-refractivity contribution in [3.63, 3.8) is 0 Å². The molecule has 2 N–H and O–H groups in total. The van der Waals surface area contributed by atoms with E-state index in [1.165, 1.54) is 0 Å². The number of nitrogen functional groups attached to an aromatic ring is 1. The number of oxazole rings is 1.